The van der Waals surface area contributed by atoms with E-state index >= 15 is 0 Å². The number of alkyl halides is 2. The number of nitriles is 1. The molecule has 3 rings (SSSR count). The molecular weight excluding hydrogens is 304 g/mol. The fourth-order valence-corrected chi connectivity index (χ4v) is 2.90. The van der Waals surface area contributed by atoms with Crippen molar-refractivity contribution >= 4 is 16.8 Å². The van der Waals surface area contributed by atoms with E-state index in [-0.39, 0.29) is 11.7 Å². The van der Waals surface area contributed by atoms with E-state index in [0.717, 1.165) is 0 Å². The fourth-order valence-electron chi connectivity index (χ4n) is 2.90. The van der Waals surface area contributed by atoms with E-state index in [9.17, 15) is 18.8 Å². The van der Waals surface area contributed by atoms with E-state index in [1.54, 1.807) is 17.6 Å². The Labute approximate surface area is 131 Å². The second-order valence-corrected chi connectivity index (χ2v) is 5.52. The van der Waals surface area contributed by atoms with Gasteiger partial charge in [-0.25, -0.2) is 8.78 Å². The molecule has 1 atom stereocenters. The van der Waals surface area contributed by atoms with Gasteiger partial charge in [-0.05, 0) is 25.5 Å². The number of nitrogens with zero attached hydrogens (tertiary/aromatic N) is 2. The number of hydrogen-bond donors (Lipinski definition) is 1. The third kappa shape index (κ3) is 2.40. The van der Waals surface area contributed by atoms with Crippen LogP contribution in [0.3, 0.4) is 0 Å². The highest BCUT2D eigenvalue weighted by Crippen LogP contribution is 2.35. The van der Waals surface area contributed by atoms with Crippen molar-refractivity contribution in [3.05, 3.63) is 29.0 Å². The Kier molecular flexibility index (Phi) is 3.68. The van der Waals surface area contributed by atoms with Gasteiger partial charge in [0.25, 0.3) is 12.3 Å². The molecular formula is C16H15F2N3O2. The summed E-state index contributed by atoms with van der Waals surface area (Å²) in [6.07, 6.45) is -3.95. The predicted molar refractivity (Wildman–Crippen MR) is 79.8 cm³/mol. The summed E-state index contributed by atoms with van der Waals surface area (Å²) in [7, 11) is 0. The monoisotopic (exact) mass is 319 g/mol. The van der Waals surface area contributed by atoms with Crippen LogP contribution in [0.5, 0.6) is 5.75 Å². The number of carbonyl (C=O) groups excluding carboxylic acids is 1. The summed E-state index contributed by atoms with van der Waals surface area (Å²) < 4.78 is 32.9. The average Bonchev–Trinajstić information content (AvgIpc) is 2.81. The number of aryl methyl sites for hydroxylation is 1. The normalized spacial score (nSPS) is 15.2. The molecule has 0 radical (unpaired) electrons. The van der Waals surface area contributed by atoms with Gasteiger partial charge in [-0.2, -0.15) is 5.26 Å². The zero-order chi connectivity index (χ0) is 16.7. The van der Waals surface area contributed by atoms with E-state index in [2.05, 4.69) is 5.32 Å². The fraction of sp³-hybridized carbons (Fsp3) is 0.375. The maximum absolute atomic E-state index is 12.8. The van der Waals surface area contributed by atoms with Gasteiger partial charge in [-0.1, -0.05) is 0 Å². The Morgan fingerprint density at radius 3 is 2.83 bits per heavy atom. The van der Waals surface area contributed by atoms with Gasteiger partial charge < -0.3 is 14.6 Å². The van der Waals surface area contributed by atoms with Crippen molar-refractivity contribution in [3.63, 3.8) is 0 Å². The molecule has 23 heavy (non-hydrogen) atoms. The lowest BCUT2D eigenvalue weighted by Crippen LogP contribution is -2.35. The smallest absolute Gasteiger partial charge is 0.274 e. The van der Waals surface area contributed by atoms with E-state index in [1.807, 2.05) is 6.07 Å². The molecule has 0 bridgehead atoms. The van der Waals surface area contributed by atoms with Gasteiger partial charge in [-0.3, -0.25) is 4.79 Å². The first-order valence-corrected chi connectivity index (χ1v) is 7.24. The first-order valence-electron chi connectivity index (χ1n) is 7.24. The molecule has 120 valence electrons. The molecule has 0 spiro atoms. The lowest BCUT2D eigenvalue weighted by atomic mass is 10.1. The minimum absolute atomic E-state index is 0.205. The number of halogens is 2. The lowest BCUT2D eigenvalue weighted by Gasteiger charge is -2.20. The summed E-state index contributed by atoms with van der Waals surface area (Å²) >= 11 is 0. The van der Waals surface area contributed by atoms with Crippen molar-refractivity contribution in [1.82, 2.24) is 9.88 Å². The van der Waals surface area contributed by atoms with E-state index in [1.165, 1.54) is 13.0 Å². The number of hydrogen-bond acceptors (Lipinski definition) is 3. The van der Waals surface area contributed by atoms with Crippen molar-refractivity contribution in [2.75, 3.05) is 6.54 Å². The van der Waals surface area contributed by atoms with Gasteiger partial charge >= 0.3 is 0 Å². The molecule has 2 aromatic rings. The van der Waals surface area contributed by atoms with Crippen LogP contribution < -0.4 is 10.1 Å². The minimum atomic E-state index is -2.64. The zero-order valence-corrected chi connectivity index (χ0v) is 12.7. The number of nitrogens with one attached hydrogen (secondary N) is 1. The third-order valence-corrected chi connectivity index (χ3v) is 4.01. The highest BCUT2D eigenvalue weighted by atomic mass is 19.3. The van der Waals surface area contributed by atoms with E-state index in [4.69, 9.17) is 4.74 Å². The molecule has 0 fully saturated rings. The summed E-state index contributed by atoms with van der Waals surface area (Å²) in [4.78, 5) is 12.1. The Bertz CT molecular complexity index is 836. The van der Waals surface area contributed by atoms with E-state index in [0.29, 0.717) is 40.8 Å². The lowest BCUT2D eigenvalue weighted by molar-refractivity contribution is 0.0232. The molecule has 5 nitrogen and oxygen atoms in total. The van der Waals surface area contributed by atoms with Crippen LogP contribution in [-0.2, 0) is 6.54 Å². The molecule has 0 aliphatic carbocycles. The van der Waals surface area contributed by atoms with Crippen LogP contribution in [0.4, 0.5) is 8.78 Å². The number of aromatic nitrogens is 1. The molecule has 1 aliphatic rings. The number of amides is 1. The second-order valence-electron chi connectivity index (χ2n) is 5.52. The van der Waals surface area contributed by atoms with Gasteiger partial charge in [0.2, 0.25) is 0 Å². The van der Waals surface area contributed by atoms with Crippen molar-refractivity contribution in [1.29, 1.82) is 5.26 Å². The maximum atomic E-state index is 12.8. The van der Waals surface area contributed by atoms with Gasteiger partial charge in [0.1, 0.15) is 11.4 Å². The molecule has 2 heterocycles. The van der Waals surface area contributed by atoms with Crippen LogP contribution >= 0.6 is 0 Å². The van der Waals surface area contributed by atoms with Crippen LogP contribution in [0, 0.1) is 18.3 Å². The molecule has 0 saturated carbocycles. The molecule has 7 heteroatoms. The minimum Gasteiger partial charge on any atom is -0.483 e. The highest BCUT2D eigenvalue weighted by Gasteiger charge is 2.27. The Morgan fingerprint density at radius 2 is 2.17 bits per heavy atom. The van der Waals surface area contributed by atoms with Gasteiger partial charge in [0.15, 0.2) is 6.10 Å². The summed E-state index contributed by atoms with van der Waals surface area (Å²) in [5.74, 6) is -0.00721. The van der Waals surface area contributed by atoms with Crippen LogP contribution in [0.1, 0.15) is 28.5 Å². The zero-order valence-electron chi connectivity index (χ0n) is 12.7. The first kappa shape index (κ1) is 15.3. The maximum Gasteiger partial charge on any atom is 0.274 e. The molecule has 1 aromatic carbocycles. The Morgan fingerprint density at radius 1 is 1.43 bits per heavy atom. The van der Waals surface area contributed by atoms with Crippen molar-refractivity contribution < 1.29 is 18.3 Å². The number of ether oxygens (including phenoxy) is 1. The molecule has 1 aliphatic heterocycles. The number of carbonyl (C=O) groups is 1. The third-order valence-electron chi connectivity index (χ3n) is 4.01. The SMILES string of the molecule is Cc1c2n(c3c(OC(C)C(F)F)cc(C#N)cc13)CCNC2=O. The quantitative estimate of drug-likeness (QED) is 0.945. The molecule has 1 unspecified atom stereocenters. The number of fused-ring (bicyclic) bond motifs is 3. The number of rotatable bonds is 3. The average molecular weight is 319 g/mol. The topological polar surface area (TPSA) is 67.1 Å². The molecule has 0 saturated heterocycles. The van der Waals surface area contributed by atoms with Crippen molar-refractivity contribution in [2.45, 2.75) is 32.9 Å². The van der Waals surface area contributed by atoms with Crippen LogP contribution in [0.2, 0.25) is 0 Å². The Hall–Kier alpha value is -2.62. The van der Waals surface area contributed by atoms with Crippen molar-refractivity contribution in [3.8, 4) is 11.8 Å². The van der Waals surface area contributed by atoms with Crippen molar-refractivity contribution in [2.24, 2.45) is 0 Å². The molecule has 1 amide bonds. The predicted octanol–water partition coefficient (Wildman–Crippen LogP) is 2.60. The summed E-state index contributed by atoms with van der Waals surface area (Å²) in [6, 6.07) is 5.10. The largest absolute Gasteiger partial charge is 0.483 e. The summed E-state index contributed by atoms with van der Waals surface area (Å²) in [6.45, 7) is 4.03. The van der Waals surface area contributed by atoms with Crippen LogP contribution in [0.25, 0.3) is 10.9 Å². The van der Waals surface area contributed by atoms with Gasteiger partial charge in [0, 0.05) is 24.5 Å². The van der Waals surface area contributed by atoms with Gasteiger partial charge in [0.05, 0.1) is 17.1 Å². The first-order chi connectivity index (χ1) is 10.9. The van der Waals surface area contributed by atoms with E-state index < -0.39 is 12.5 Å². The summed E-state index contributed by atoms with van der Waals surface area (Å²) in [5, 5.41) is 12.6. The molecule has 1 aromatic heterocycles. The highest BCUT2D eigenvalue weighted by molar-refractivity contribution is 6.04. The Balaban J connectivity index is 2.28. The van der Waals surface area contributed by atoms with Gasteiger partial charge in [-0.15, -0.1) is 0 Å². The van der Waals surface area contributed by atoms with Crippen LogP contribution in [0.15, 0.2) is 12.1 Å². The summed E-state index contributed by atoms with van der Waals surface area (Å²) in [5.41, 5.74) is 2.08. The molecule has 1 N–H and O–H groups in total. The second kappa shape index (κ2) is 5.54. The standard InChI is InChI=1S/C16H15F2N3O2/c1-8-11-5-10(7-19)6-12(23-9(2)15(17)18)14(11)21-4-3-20-16(22)13(8)21/h5-6,9,15H,3-4H2,1-2H3,(H,20,22). The van der Waals surface area contributed by atoms with Crippen LogP contribution in [-0.4, -0.2) is 29.5 Å². The number of benzene rings is 1.